The van der Waals surface area contributed by atoms with Crippen LogP contribution in [-0.4, -0.2) is 29.3 Å². The molecule has 0 radical (unpaired) electrons. The molecule has 1 heterocycles. The van der Waals surface area contributed by atoms with E-state index in [-0.39, 0.29) is 5.91 Å². The standard InChI is InChI=1S/C18H23N3O2/c1-21-9-8-15(20-21)11-18(22)19-12-14-5-3-4-13-10-16(23-2)6-7-17(13)14/h6-10,14H,3-5,11-12H2,1-2H3,(H,19,22)/t14-/m1/s1. The minimum Gasteiger partial charge on any atom is -0.497 e. The summed E-state index contributed by atoms with van der Waals surface area (Å²) in [6.45, 7) is 0.686. The van der Waals surface area contributed by atoms with Crippen molar-refractivity contribution in [3.05, 3.63) is 47.3 Å². The van der Waals surface area contributed by atoms with Crippen molar-refractivity contribution in [2.45, 2.75) is 31.6 Å². The number of aryl methyl sites for hydroxylation is 2. The van der Waals surface area contributed by atoms with Crippen LogP contribution in [0.2, 0.25) is 0 Å². The van der Waals surface area contributed by atoms with Crippen LogP contribution in [0, 0.1) is 0 Å². The molecule has 1 amide bonds. The number of carbonyl (C=O) groups excluding carboxylic acids is 1. The molecule has 0 saturated carbocycles. The molecule has 0 bridgehead atoms. The molecule has 0 saturated heterocycles. The average Bonchev–Trinajstić information content (AvgIpc) is 2.97. The smallest absolute Gasteiger partial charge is 0.226 e. The maximum absolute atomic E-state index is 12.1. The van der Waals surface area contributed by atoms with Crippen LogP contribution in [-0.2, 0) is 24.7 Å². The van der Waals surface area contributed by atoms with Crippen molar-refractivity contribution in [3.8, 4) is 5.75 Å². The van der Waals surface area contributed by atoms with E-state index in [1.165, 1.54) is 11.1 Å². The highest BCUT2D eigenvalue weighted by atomic mass is 16.5. The Morgan fingerprint density at radius 2 is 2.30 bits per heavy atom. The summed E-state index contributed by atoms with van der Waals surface area (Å²) >= 11 is 0. The highest BCUT2D eigenvalue weighted by Crippen LogP contribution is 2.33. The molecule has 5 nitrogen and oxygen atoms in total. The van der Waals surface area contributed by atoms with Crippen LogP contribution in [0.5, 0.6) is 5.75 Å². The van der Waals surface area contributed by atoms with Crippen LogP contribution in [0.15, 0.2) is 30.5 Å². The predicted octanol–water partition coefficient (Wildman–Crippen LogP) is 2.21. The summed E-state index contributed by atoms with van der Waals surface area (Å²) in [6.07, 6.45) is 5.55. The molecule has 0 spiro atoms. The van der Waals surface area contributed by atoms with E-state index in [1.807, 2.05) is 25.4 Å². The molecular formula is C18H23N3O2. The Labute approximate surface area is 136 Å². The predicted molar refractivity (Wildman–Crippen MR) is 88.6 cm³/mol. The van der Waals surface area contributed by atoms with E-state index in [2.05, 4.69) is 22.5 Å². The van der Waals surface area contributed by atoms with Crippen molar-refractivity contribution in [2.24, 2.45) is 7.05 Å². The molecule has 0 fully saturated rings. The van der Waals surface area contributed by atoms with Gasteiger partial charge in [-0.05, 0) is 48.6 Å². The Kier molecular flexibility index (Phi) is 4.65. The van der Waals surface area contributed by atoms with E-state index in [1.54, 1.807) is 11.8 Å². The normalized spacial score (nSPS) is 16.7. The SMILES string of the molecule is COc1ccc2c(c1)CCC[C@@H]2CNC(=O)Cc1ccn(C)n1. The first-order valence-electron chi connectivity index (χ1n) is 8.07. The van der Waals surface area contributed by atoms with Gasteiger partial charge in [0.2, 0.25) is 5.91 Å². The van der Waals surface area contributed by atoms with E-state index in [9.17, 15) is 4.79 Å². The quantitative estimate of drug-likeness (QED) is 0.921. The Bertz CT molecular complexity index is 693. The van der Waals surface area contributed by atoms with Gasteiger partial charge in [-0.15, -0.1) is 0 Å². The van der Waals surface area contributed by atoms with Crippen molar-refractivity contribution in [2.75, 3.05) is 13.7 Å². The second kappa shape index (κ2) is 6.86. The monoisotopic (exact) mass is 313 g/mol. The molecule has 0 unspecified atom stereocenters. The number of fused-ring (bicyclic) bond motifs is 1. The number of methoxy groups -OCH3 is 1. The van der Waals surface area contributed by atoms with Crippen molar-refractivity contribution < 1.29 is 9.53 Å². The van der Waals surface area contributed by atoms with Gasteiger partial charge in [0.1, 0.15) is 5.75 Å². The van der Waals surface area contributed by atoms with Crippen LogP contribution in [0.25, 0.3) is 0 Å². The number of benzene rings is 1. The van der Waals surface area contributed by atoms with Crippen LogP contribution in [0.4, 0.5) is 0 Å². The second-order valence-electron chi connectivity index (χ2n) is 6.12. The third-order valence-corrected chi connectivity index (χ3v) is 4.44. The summed E-state index contributed by atoms with van der Waals surface area (Å²) in [5.41, 5.74) is 3.49. The lowest BCUT2D eigenvalue weighted by molar-refractivity contribution is -0.120. The molecule has 3 rings (SSSR count). The Morgan fingerprint density at radius 3 is 3.04 bits per heavy atom. The fourth-order valence-electron chi connectivity index (χ4n) is 3.25. The van der Waals surface area contributed by atoms with Crippen LogP contribution < -0.4 is 10.1 Å². The van der Waals surface area contributed by atoms with Gasteiger partial charge in [0.15, 0.2) is 0 Å². The first-order chi connectivity index (χ1) is 11.2. The molecule has 23 heavy (non-hydrogen) atoms. The Balaban J connectivity index is 1.60. The molecule has 1 aromatic heterocycles. The second-order valence-corrected chi connectivity index (χ2v) is 6.12. The fourth-order valence-corrected chi connectivity index (χ4v) is 3.25. The molecular weight excluding hydrogens is 290 g/mol. The van der Waals surface area contributed by atoms with Gasteiger partial charge in [-0.2, -0.15) is 5.10 Å². The minimum absolute atomic E-state index is 0.0318. The zero-order chi connectivity index (χ0) is 16.2. The topological polar surface area (TPSA) is 56.1 Å². The number of aromatic nitrogens is 2. The third-order valence-electron chi connectivity index (χ3n) is 4.44. The largest absolute Gasteiger partial charge is 0.497 e. The summed E-state index contributed by atoms with van der Waals surface area (Å²) in [6, 6.07) is 8.15. The molecule has 1 aliphatic rings. The van der Waals surface area contributed by atoms with Crippen LogP contribution in [0.3, 0.4) is 0 Å². The van der Waals surface area contributed by atoms with Gasteiger partial charge in [-0.1, -0.05) is 6.07 Å². The van der Waals surface area contributed by atoms with Crippen molar-refractivity contribution in [1.29, 1.82) is 0 Å². The molecule has 2 aromatic rings. The Hall–Kier alpha value is -2.30. The van der Waals surface area contributed by atoms with E-state index in [0.717, 1.165) is 30.7 Å². The maximum atomic E-state index is 12.1. The number of nitrogens with one attached hydrogen (secondary N) is 1. The van der Waals surface area contributed by atoms with Gasteiger partial charge < -0.3 is 10.1 Å². The molecule has 122 valence electrons. The molecule has 1 N–H and O–H groups in total. The number of hydrogen-bond acceptors (Lipinski definition) is 3. The van der Waals surface area contributed by atoms with Gasteiger partial charge in [0.05, 0.1) is 19.2 Å². The first-order valence-corrected chi connectivity index (χ1v) is 8.07. The summed E-state index contributed by atoms with van der Waals surface area (Å²) in [5.74, 6) is 1.32. The van der Waals surface area contributed by atoms with E-state index in [4.69, 9.17) is 4.74 Å². The van der Waals surface area contributed by atoms with Crippen LogP contribution >= 0.6 is 0 Å². The van der Waals surface area contributed by atoms with Gasteiger partial charge in [-0.25, -0.2) is 0 Å². The van der Waals surface area contributed by atoms with Crippen molar-refractivity contribution in [1.82, 2.24) is 15.1 Å². The lowest BCUT2D eigenvalue weighted by atomic mass is 9.82. The lowest BCUT2D eigenvalue weighted by Crippen LogP contribution is -2.31. The number of amides is 1. The molecule has 1 aliphatic carbocycles. The van der Waals surface area contributed by atoms with E-state index < -0.39 is 0 Å². The lowest BCUT2D eigenvalue weighted by Gasteiger charge is -2.26. The Morgan fingerprint density at radius 1 is 1.43 bits per heavy atom. The highest BCUT2D eigenvalue weighted by molar-refractivity contribution is 5.78. The fraction of sp³-hybridized carbons (Fsp3) is 0.444. The summed E-state index contributed by atoms with van der Waals surface area (Å²) in [7, 11) is 3.55. The number of nitrogens with zero attached hydrogens (tertiary/aromatic N) is 2. The highest BCUT2D eigenvalue weighted by Gasteiger charge is 2.21. The molecule has 1 aromatic carbocycles. The molecule has 0 aliphatic heterocycles. The maximum Gasteiger partial charge on any atom is 0.226 e. The zero-order valence-corrected chi connectivity index (χ0v) is 13.7. The minimum atomic E-state index is 0.0318. The summed E-state index contributed by atoms with van der Waals surface area (Å²) < 4.78 is 7.02. The molecule has 5 heteroatoms. The van der Waals surface area contributed by atoms with E-state index in [0.29, 0.717) is 18.9 Å². The summed E-state index contributed by atoms with van der Waals surface area (Å²) in [5, 5.41) is 7.30. The zero-order valence-electron chi connectivity index (χ0n) is 13.7. The van der Waals surface area contributed by atoms with Gasteiger partial charge in [0.25, 0.3) is 0 Å². The molecule has 1 atom stereocenters. The van der Waals surface area contributed by atoms with Crippen LogP contribution in [0.1, 0.15) is 35.6 Å². The number of carbonyl (C=O) groups is 1. The van der Waals surface area contributed by atoms with E-state index >= 15 is 0 Å². The van der Waals surface area contributed by atoms with Crippen molar-refractivity contribution in [3.63, 3.8) is 0 Å². The van der Waals surface area contributed by atoms with Gasteiger partial charge >= 0.3 is 0 Å². The number of ether oxygens (including phenoxy) is 1. The third kappa shape index (κ3) is 3.73. The summed E-state index contributed by atoms with van der Waals surface area (Å²) in [4.78, 5) is 12.1. The number of rotatable bonds is 5. The van der Waals surface area contributed by atoms with Crippen molar-refractivity contribution >= 4 is 5.91 Å². The average molecular weight is 313 g/mol. The van der Waals surface area contributed by atoms with Gasteiger partial charge in [0, 0.05) is 25.7 Å². The number of hydrogen-bond donors (Lipinski definition) is 1. The first kappa shape index (κ1) is 15.6. The van der Waals surface area contributed by atoms with Gasteiger partial charge in [-0.3, -0.25) is 9.48 Å².